The van der Waals surface area contributed by atoms with Crippen LogP contribution in [0.25, 0.3) is 5.57 Å². The second-order valence-electron chi connectivity index (χ2n) is 5.25. The number of nitrogens with zero attached hydrogens (tertiary/aromatic N) is 3. The lowest BCUT2D eigenvalue weighted by Gasteiger charge is -2.23. The maximum absolute atomic E-state index is 6.15. The van der Waals surface area contributed by atoms with Crippen molar-refractivity contribution in [3.63, 3.8) is 0 Å². The minimum absolute atomic E-state index is 0.729. The molecule has 2 heterocycles. The second kappa shape index (κ2) is 5.43. The van der Waals surface area contributed by atoms with Gasteiger partial charge in [0.1, 0.15) is 0 Å². The maximum Gasteiger partial charge on any atom is 0.152 e. The van der Waals surface area contributed by atoms with Crippen LogP contribution in [-0.2, 0) is 0 Å². The standard InChI is InChI=1S/C18H14ClN3/c19-15-8-4-7-14(11-15)16-12-17(13-5-2-1-3-6-13)21-22-10-9-20-18(16)22/h1-8,11-12H,9-10H2. The van der Waals surface area contributed by atoms with E-state index >= 15 is 0 Å². The number of benzene rings is 2. The Morgan fingerprint density at radius 2 is 1.77 bits per heavy atom. The average Bonchev–Trinajstić information content (AvgIpc) is 3.03. The Morgan fingerprint density at radius 1 is 0.955 bits per heavy atom. The molecule has 3 nitrogen and oxygen atoms in total. The molecular formula is C18H14ClN3. The summed E-state index contributed by atoms with van der Waals surface area (Å²) in [6.07, 6.45) is 2.10. The Hall–Kier alpha value is -2.39. The minimum atomic E-state index is 0.729. The lowest BCUT2D eigenvalue weighted by molar-refractivity contribution is 0.491. The van der Waals surface area contributed by atoms with Crippen LogP contribution in [-0.4, -0.2) is 29.6 Å². The highest BCUT2D eigenvalue weighted by atomic mass is 35.5. The van der Waals surface area contributed by atoms with Crippen molar-refractivity contribution in [3.05, 3.63) is 76.8 Å². The molecule has 4 rings (SSSR count). The number of hydrazone groups is 1. The van der Waals surface area contributed by atoms with E-state index in [0.29, 0.717) is 0 Å². The predicted molar refractivity (Wildman–Crippen MR) is 91.4 cm³/mol. The van der Waals surface area contributed by atoms with Gasteiger partial charge in [0.25, 0.3) is 0 Å². The number of halogens is 1. The zero-order valence-electron chi connectivity index (χ0n) is 11.9. The summed E-state index contributed by atoms with van der Waals surface area (Å²) in [7, 11) is 0. The molecule has 0 N–H and O–H groups in total. The first-order valence-corrected chi connectivity index (χ1v) is 7.63. The molecule has 0 fully saturated rings. The third-order valence-corrected chi connectivity index (χ3v) is 4.01. The van der Waals surface area contributed by atoms with Crippen LogP contribution in [0.5, 0.6) is 0 Å². The Kier molecular flexibility index (Phi) is 3.28. The Morgan fingerprint density at radius 3 is 2.59 bits per heavy atom. The molecule has 108 valence electrons. The summed E-state index contributed by atoms with van der Waals surface area (Å²) < 4.78 is 0. The van der Waals surface area contributed by atoms with Gasteiger partial charge in [0.2, 0.25) is 0 Å². The number of hydrogen-bond acceptors (Lipinski definition) is 3. The summed E-state index contributed by atoms with van der Waals surface area (Å²) in [4.78, 5) is 4.60. The highest BCUT2D eigenvalue weighted by molar-refractivity contribution is 6.33. The first kappa shape index (κ1) is 13.3. The molecule has 0 aromatic heterocycles. The zero-order chi connectivity index (χ0) is 14.9. The van der Waals surface area contributed by atoms with E-state index in [4.69, 9.17) is 16.7 Å². The number of fused-ring (bicyclic) bond motifs is 1. The molecule has 0 radical (unpaired) electrons. The van der Waals surface area contributed by atoms with Crippen LogP contribution in [0.4, 0.5) is 0 Å². The molecule has 0 bridgehead atoms. The summed E-state index contributed by atoms with van der Waals surface area (Å²) in [6, 6.07) is 18.1. The van der Waals surface area contributed by atoms with E-state index in [-0.39, 0.29) is 0 Å². The van der Waals surface area contributed by atoms with Gasteiger partial charge < -0.3 is 0 Å². The fourth-order valence-electron chi connectivity index (χ4n) is 2.74. The molecule has 0 spiro atoms. The molecule has 4 heteroatoms. The lowest BCUT2D eigenvalue weighted by atomic mass is 9.99. The van der Waals surface area contributed by atoms with Gasteiger partial charge in [0.05, 0.1) is 18.8 Å². The SMILES string of the molecule is Clc1cccc(C2=CC(c3ccccc3)=NN3CCN=C23)c1. The molecule has 0 amide bonds. The van der Waals surface area contributed by atoms with Crippen molar-refractivity contribution in [1.82, 2.24) is 5.01 Å². The molecular weight excluding hydrogens is 294 g/mol. The van der Waals surface area contributed by atoms with Gasteiger partial charge in [-0.2, -0.15) is 5.10 Å². The summed E-state index contributed by atoms with van der Waals surface area (Å²) in [5.74, 6) is 0.932. The van der Waals surface area contributed by atoms with Crippen molar-refractivity contribution < 1.29 is 0 Å². The number of hydrogen-bond donors (Lipinski definition) is 0. The highest BCUT2D eigenvalue weighted by Crippen LogP contribution is 2.27. The fourth-order valence-corrected chi connectivity index (χ4v) is 2.93. The Bertz CT molecular complexity index is 806. The topological polar surface area (TPSA) is 28.0 Å². The van der Waals surface area contributed by atoms with Crippen LogP contribution in [0.1, 0.15) is 11.1 Å². The summed E-state index contributed by atoms with van der Waals surface area (Å²) >= 11 is 6.15. The third-order valence-electron chi connectivity index (χ3n) is 3.77. The minimum Gasteiger partial charge on any atom is -0.265 e. The van der Waals surface area contributed by atoms with E-state index in [2.05, 4.69) is 29.3 Å². The number of allylic oxidation sites excluding steroid dienone is 1. The van der Waals surface area contributed by atoms with Crippen molar-refractivity contribution in [2.45, 2.75) is 0 Å². The van der Waals surface area contributed by atoms with Crippen molar-refractivity contribution in [1.29, 1.82) is 0 Å². The molecule has 0 unspecified atom stereocenters. The van der Waals surface area contributed by atoms with Crippen LogP contribution in [0.2, 0.25) is 5.02 Å². The normalized spacial score (nSPS) is 16.8. The molecule has 2 aromatic carbocycles. The quantitative estimate of drug-likeness (QED) is 0.828. The number of rotatable bonds is 2. The molecule has 22 heavy (non-hydrogen) atoms. The monoisotopic (exact) mass is 307 g/mol. The van der Waals surface area contributed by atoms with Crippen molar-refractivity contribution in [2.24, 2.45) is 10.1 Å². The van der Waals surface area contributed by atoms with Gasteiger partial charge in [-0.15, -0.1) is 0 Å². The van der Waals surface area contributed by atoms with E-state index in [0.717, 1.165) is 46.4 Å². The van der Waals surface area contributed by atoms with Gasteiger partial charge in [-0.05, 0) is 23.8 Å². The van der Waals surface area contributed by atoms with Crippen LogP contribution in [0, 0.1) is 0 Å². The first-order valence-electron chi connectivity index (χ1n) is 7.25. The molecule has 0 aliphatic carbocycles. The Labute approximate surface area is 134 Å². The van der Waals surface area contributed by atoms with E-state index in [9.17, 15) is 0 Å². The summed E-state index contributed by atoms with van der Waals surface area (Å²) in [5.41, 5.74) is 4.21. The largest absolute Gasteiger partial charge is 0.265 e. The van der Waals surface area contributed by atoms with Gasteiger partial charge in [-0.25, -0.2) is 5.01 Å². The van der Waals surface area contributed by atoms with Gasteiger partial charge in [-0.3, -0.25) is 4.99 Å². The number of aliphatic imine (C=N–C) groups is 1. The Balaban J connectivity index is 1.84. The van der Waals surface area contributed by atoms with Crippen molar-refractivity contribution in [3.8, 4) is 0 Å². The van der Waals surface area contributed by atoms with Crippen LogP contribution in [0.15, 0.2) is 70.8 Å². The lowest BCUT2D eigenvalue weighted by Crippen LogP contribution is -2.28. The van der Waals surface area contributed by atoms with Gasteiger partial charge in [0.15, 0.2) is 5.84 Å². The van der Waals surface area contributed by atoms with Crippen LogP contribution >= 0.6 is 11.6 Å². The van der Waals surface area contributed by atoms with Gasteiger partial charge in [-0.1, -0.05) is 54.1 Å². The highest BCUT2D eigenvalue weighted by Gasteiger charge is 2.26. The van der Waals surface area contributed by atoms with E-state index < -0.39 is 0 Å². The summed E-state index contributed by atoms with van der Waals surface area (Å²) in [6.45, 7) is 1.60. The number of amidine groups is 1. The molecule has 2 aliphatic heterocycles. The van der Waals surface area contributed by atoms with E-state index in [1.807, 2.05) is 41.4 Å². The molecule has 2 aliphatic rings. The van der Waals surface area contributed by atoms with Crippen molar-refractivity contribution >= 4 is 28.7 Å². The first-order chi connectivity index (χ1) is 10.8. The fraction of sp³-hybridized carbons (Fsp3) is 0.111. The smallest absolute Gasteiger partial charge is 0.152 e. The maximum atomic E-state index is 6.15. The third kappa shape index (κ3) is 2.34. The molecule has 0 saturated carbocycles. The van der Waals surface area contributed by atoms with Gasteiger partial charge >= 0.3 is 0 Å². The average molecular weight is 308 g/mol. The van der Waals surface area contributed by atoms with Crippen LogP contribution in [0.3, 0.4) is 0 Å². The molecule has 0 saturated heterocycles. The summed E-state index contributed by atoms with van der Waals surface area (Å²) in [5, 5.41) is 7.44. The molecule has 0 atom stereocenters. The van der Waals surface area contributed by atoms with E-state index in [1.54, 1.807) is 0 Å². The van der Waals surface area contributed by atoms with Gasteiger partial charge in [0, 0.05) is 16.2 Å². The second-order valence-corrected chi connectivity index (χ2v) is 5.68. The van der Waals surface area contributed by atoms with E-state index in [1.165, 1.54) is 0 Å². The zero-order valence-corrected chi connectivity index (χ0v) is 12.7. The van der Waals surface area contributed by atoms with Crippen LogP contribution < -0.4 is 0 Å². The van der Waals surface area contributed by atoms with Crippen molar-refractivity contribution in [2.75, 3.05) is 13.1 Å². The molecule has 2 aromatic rings. The predicted octanol–water partition coefficient (Wildman–Crippen LogP) is 3.86.